The van der Waals surface area contributed by atoms with Crippen LogP contribution in [0, 0.1) is 23.1 Å². The second-order valence-corrected chi connectivity index (χ2v) is 7.39. The van der Waals surface area contributed by atoms with Gasteiger partial charge in [0, 0.05) is 0 Å². The molecule has 1 aliphatic carbocycles. The number of amides is 1. The maximum atomic E-state index is 13.2. The summed E-state index contributed by atoms with van der Waals surface area (Å²) in [5.74, 6) is -1.44. The largest absolute Gasteiger partial charge is 0.455 e. The quantitative estimate of drug-likeness (QED) is 0.790. The van der Waals surface area contributed by atoms with E-state index in [-0.39, 0.29) is 11.7 Å². The third-order valence-electron chi connectivity index (χ3n) is 5.37. The van der Waals surface area contributed by atoms with E-state index in [2.05, 4.69) is 11.4 Å². The van der Waals surface area contributed by atoms with E-state index >= 15 is 0 Å². The fourth-order valence-electron chi connectivity index (χ4n) is 3.25. The summed E-state index contributed by atoms with van der Waals surface area (Å²) in [6, 6.07) is 7.95. The van der Waals surface area contributed by atoms with Gasteiger partial charge >= 0.3 is 5.97 Å². The Hall–Kier alpha value is -2.42. The molecule has 1 aliphatic rings. The van der Waals surface area contributed by atoms with Crippen LogP contribution in [0.1, 0.15) is 52.0 Å². The first kappa shape index (κ1) is 19.9. The van der Waals surface area contributed by atoms with Crippen LogP contribution in [-0.4, -0.2) is 24.0 Å². The Kier molecular flexibility index (Phi) is 6.01. The topological polar surface area (TPSA) is 79.2 Å². The Morgan fingerprint density at radius 1 is 1.31 bits per heavy atom. The first-order valence-electron chi connectivity index (χ1n) is 8.89. The maximum absolute atomic E-state index is 13.2. The molecule has 0 spiro atoms. The number of hydrogen-bond donors (Lipinski definition) is 1. The van der Waals surface area contributed by atoms with Crippen LogP contribution in [0.5, 0.6) is 0 Å². The van der Waals surface area contributed by atoms with Crippen molar-refractivity contribution in [2.75, 3.05) is 6.61 Å². The van der Waals surface area contributed by atoms with Crippen molar-refractivity contribution in [3.05, 3.63) is 35.6 Å². The molecule has 0 saturated heterocycles. The van der Waals surface area contributed by atoms with Gasteiger partial charge in [-0.2, -0.15) is 5.26 Å². The highest BCUT2D eigenvalue weighted by molar-refractivity contribution is 5.87. The van der Waals surface area contributed by atoms with E-state index in [9.17, 15) is 19.2 Å². The molecule has 1 atom stereocenters. The molecule has 1 N–H and O–H groups in total. The lowest BCUT2D eigenvalue weighted by molar-refractivity contribution is -0.154. The number of carbonyl (C=O) groups is 2. The summed E-state index contributed by atoms with van der Waals surface area (Å²) in [5, 5.41) is 11.9. The molecule has 6 heteroatoms. The zero-order valence-corrected chi connectivity index (χ0v) is 15.5. The molecule has 1 aromatic rings. The van der Waals surface area contributed by atoms with Crippen LogP contribution in [-0.2, 0) is 19.7 Å². The lowest BCUT2D eigenvalue weighted by atomic mass is 9.79. The zero-order chi connectivity index (χ0) is 19.4. The van der Waals surface area contributed by atoms with Crippen molar-refractivity contribution in [2.45, 2.75) is 57.4 Å². The van der Waals surface area contributed by atoms with Gasteiger partial charge in [0.15, 0.2) is 6.61 Å². The molecule has 0 aromatic heterocycles. The molecular formula is C20H25FN2O3. The lowest BCUT2D eigenvalue weighted by Crippen LogP contribution is -2.50. The van der Waals surface area contributed by atoms with Crippen molar-refractivity contribution in [1.82, 2.24) is 5.32 Å². The van der Waals surface area contributed by atoms with E-state index in [0.717, 1.165) is 12.8 Å². The molecule has 1 aromatic carbocycles. The minimum Gasteiger partial charge on any atom is -0.455 e. The first-order valence-corrected chi connectivity index (χ1v) is 8.89. The third kappa shape index (κ3) is 4.04. The van der Waals surface area contributed by atoms with E-state index in [1.807, 2.05) is 13.8 Å². The van der Waals surface area contributed by atoms with Gasteiger partial charge in [0.2, 0.25) is 0 Å². The number of rotatable bonds is 6. The van der Waals surface area contributed by atoms with Gasteiger partial charge in [-0.1, -0.05) is 38.8 Å². The monoisotopic (exact) mass is 360 g/mol. The van der Waals surface area contributed by atoms with Crippen molar-refractivity contribution in [1.29, 1.82) is 5.26 Å². The van der Waals surface area contributed by atoms with Gasteiger partial charge in [0.05, 0.1) is 11.5 Å². The predicted octanol–water partition coefficient (Wildman–Crippen LogP) is 3.24. The summed E-state index contributed by atoms with van der Waals surface area (Å²) in [6.45, 7) is 4.86. The van der Waals surface area contributed by atoms with Crippen LogP contribution < -0.4 is 5.32 Å². The average molecular weight is 360 g/mol. The van der Waals surface area contributed by atoms with Crippen LogP contribution in [0.3, 0.4) is 0 Å². The number of nitrogens with one attached hydrogen (secondary N) is 1. The predicted molar refractivity (Wildman–Crippen MR) is 94.5 cm³/mol. The van der Waals surface area contributed by atoms with E-state index in [4.69, 9.17) is 4.74 Å². The van der Waals surface area contributed by atoms with Crippen LogP contribution in [0.15, 0.2) is 24.3 Å². The Morgan fingerprint density at radius 3 is 2.38 bits per heavy atom. The van der Waals surface area contributed by atoms with Crippen molar-refractivity contribution in [3.63, 3.8) is 0 Å². The second-order valence-electron chi connectivity index (χ2n) is 7.39. The van der Waals surface area contributed by atoms with Gasteiger partial charge in [-0.25, -0.2) is 4.39 Å². The van der Waals surface area contributed by atoms with E-state index < -0.39 is 29.4 Å². The molecule has 0 unspecified atom stereocenters. The molecule has 26 heavy (non-hydrogen) atoms. The standard InChI is InChI=1S/C20H25FN2O3/c1-14(2)19(3,13-22)23-17(24)12-26-18(25)20(10-4-5-11-20)15-6-8-16(21)9-7-15/h6-9,14H,4-5,10-12H2,1-3H3,(H,23,24)/t19-/m0/s1. The summed E-state index contributed by atoms with van der Waals surface area (Å²) in [4.78, 5) is 24.9. The van der Waals surface area contributed by atoms with Crippen LogP contribution in [0.2, 0.25) is 0 Å². The van der Waals surface area contributed by atoms with Crippen molar-refractivity contribution < 1.29 is 18.7 Å². The summed E-state index contributed by atoms with van der Waals surface area (Å²) in [6.07, 6.45) is 2.97. The summed E-state index contributed by atoms with van der Waals surface area (Å²) >= 11 is 0. The van der Waals surface area contributed by atoms with Gasteiger partial charge in [0.1, 0.15) is 11.4 Å². The minimum atomic E-state index is -1.02. The van der Waals surface area contributed by atoms with Crippen LogP contribution in [0.25, 0.3) is 0 Å². The molecule has 1 amide bonds. The highest BCUT2D eigenvalue weighted by atomic mass is 19.1. The SMILES string of the molecule is CC(C)[C@](C)(C#N)NC(=O)COC(=O)C1(c2ccc(F)cc2)CCCC1. The number of benzene rings is 1. The Bertz CT molecular complexity index is 703. The van der Waals surface area contributed by atoms with Gasteiger partial charge in [-0.3, -0.25) is 9.59 Å². The zero-order valence-electron chi connectivity index (χ0n) is 15.5. The molecule has 1 saturated carbocycles. The number of nitrogens with zero attached hydrogens (tertiary/aromatic N) is 1. The Balaban J connectivity index is 2.06. The van der Waals surface area contributed by atoms with Gasteiger partial charge < -0.3 is 10.1 Å². The van der Waals surface area contributed by atoms with Gasteiger partial charge in [-0.15, -0.1) is 0 Å². The smallest absolute Gasteiger partial charge is 0.317 e. The summed E-state index contributed by atoms with van der Waals surface area (Å²) in [7, 11) is 0. The van der Waals surface area contributed by atoms with Crippen molar-refractivity contribution in [3.8, 4) is 6.07 Å². The maximum Gasteiger partial charge on any atom is 0.317 e. The van der Waals surface area contributed by atoms with E-state index in [1.165, 1.54) is 12.1 Å². The molecule has 0 heterocycles. The van der Waals surface area contributed by atoms with E-state index in [0.29, 0.717) is 18.4 Å². The summed E-state index contributed by atoms with van der Waals surface area (Å²) < 4.78 is 18.5. The number of ether oxygens (including phenoxy) is 1. The average Bonchev–Trinajstić information content (AvgIpc) is 3.11. The number of carbonyl (C=O) groups excluding carboxylic acids is 2. The fraction of sp³-hybridized carbons (Fsp3) is 0.550. The van der Waals surface area contributed by atoms with Crippen molar-refractivity contribution >= 4 is 11.9 Å². The van der Waals surface area contributed by atoms with Gasteiger partial charge in [0.25, 0.3) is 5.91 Å². The highest BCUT2D eigenvalue weighted by Gasteiger charge is 2.44. The third-order valence-corrected chi connectivity index (χ3v) is 5.37. The minimum absolute atomic E-state index is 0.0902. The number of esters is 1. The van der Waals surface area contributed by atoms with Gasteiger partial charge in [-0.05, 0) is 43.4 Å². The molecule has 140 valence electrons. The molecule has 0 radical (unpaired) electrons. The van der Waals surface area contributed by atoms with Crippen LogP contribution in [0.4, 0.5) is 4.39 Å². The molecule has 1 fully saturated rings. The normalized spacial score (nSPS) is 18.0. The fourth-order valence-corrected chi connectivity index (χ4v) is 3.25. The molecular weight excluding hydrogens is 335 g/mol. The Morgan fingerprint density at radius 2 is 1.88 bits per heavy atom. The highest BCUT2D eigenvalue weighted by Crippen LogP contribution is 2.42. The molecule has 0 bridgehead atoms. The number of hydrogen-bond acceptors (Lipinski definition) is 4. The molecule has 5 nitrogen and oxygen atoms in total. The molecule has 2 rings (SSSR count). The first-order chi connectivity index (χ1) is 12.2. The van der Waals surface area contributed by atoms with Crippen molar-refractivity contribution in [2.24, 2.45) is 5.92 Å². The lowest BCUT2D eigenvalue weighted by Gasteiger charge is -2.29. The van der Waals surface area contributed by atoms with E-state index in [1.54, 1.807) is 19.1 Å². The molecule has 0 aliphatic heterocycles. The Labute approximate surface area is 153 Å². The second kappa shape index (κ2) is 7.86. The number of halogens is 1. The summed E-state index contributed by atoms with van der Waals surface area (Å²) in [5.41, 5.74) is -1.14. The van der Waals surface area contributed by atoms with Crippen LogP contribution >= 0.6 is 0 Å². The number of nitriles is 1.